The van der Waals surface area contributed by atoms with Crippen molar-refractivity contribution in [3.05, 3.63) is 138 Å². The van der Waals surface area contributed by atoms with Crippen molar-refractivity contribution in [2.75, 3.05) is 4.90 Å². The fraction of sp³-hybridized carbons (Fsp3) is 0. The van der Waals surface area contributed by atoms with Crippen LogP contribution in [0, 0.1) is 0 Å². The summed E-state index contributed by atoms with van der Waals surface area (Å²) in [7, 11) is 0. The maximum atomic E-state index is 3.53. The van der Waals surface area contributed by atoms with Gasteiger partial charge in [-0.3, -0.25) is 0 Å². The number of rotatable bonds is 4. The van der Waals surface area contributed by atoms with Crippen molar-refractivity contribution < 1.29 is 0 Å². The van der Waals surface area contributed by atoms with E-state index in [9.17, 15) is 0 Å². The Kier molecular flexibility index (Phi) is 5.37. The lowest BCUT2D eigenvalue weighted by molar-refractivity contribution is 1.29. The van der Waals surface area contributed by atoms with E-state index in [1.54, 1.807) is 0 Å². The van der Waals surface area contributed by atoms with E-state index in [-0.39, 0.29) is 0 Å². The van der Waals surface area contributed by atoms with Gasteiger partial charge in [0.1, 0.15) is 0 Å². The zero-order valence-electron chi connectivity index (χ0n) is 18.5. The number of benzene rings is 6. The van der Waals surface area contributed by atoms with E-state index in [0.717, 1.165) is 21.5 Å². The van der Waals surface area contributed by atoms with Crippen LogP contribution >= 0.6 is 15.9 Å². The van der Waals surface area contributed by atoms with Crippen LogP contribution in [0.5, 0.6) is 0 Å². The lowest BCUT2D eigenvalue weighted by atomic mass is 10.0. The molecule has 0 aliphatic carbocycles. The van der Waals surface area contributed by atoms with Gasteiger partial charge in [-0.1, -0.05) is 101 Å². The van der Waals surface area contributed by atoms with Crippen LogP contribution < -0.4 is 4.90 Å². The average Bonchev–Trinajstić information content (AvgIpc) is 2.90. The predicted octanol–water partition coefficient (Wildman–Crippen LogP) is 9.89. The Bertz CT molecular complexity index is 1520. The van der Waals surface area contributed by atoms with Crippen molar-refractivity contribution in [1.29, 1.82) is 0 Å². The van der Waals surface area contributed by atoms with Crippen LogP contribution in [0.15, 0.2) is 138 Å². The van der Waals surface area contributed by atoms with Crippen molar-refractivity contribution in [1.82, 2.24) is 0 Å². The molecular weight excluding hydrogens is 478 g/mol. The largest absolute Gasteiger partial charge is 0.310 e. The first-order chi connectivity index (χ1) is 16.7. The van der Waals surface area contributed by atoms with E-state index >= 15 is 0 Å². The Morgan fingerprint density at radius 3 is 1.29 bits per heavy atom. The van der Waals surface area contributed by atoms with Crippen LogP contribution in [0.25, 0.3) is 32.7 Å². The highest BCUT2D eigenvalue weighted by molar-refractivity contribution is 9.10. The molecule has 1 nitrogen and oxygen atoms in total. The molecule has 0 aromatic heterocycles. The third-order valence-corrected chi connectivity index (χ3v) is 6.81. The van der Waals surface area contributed by atoms with E-state index in [4.69, 9.17) is 0 Å². The molecule has 0 fully saturated rings. The normalized spacial score (nSPS) is 11.1. The Morgan fingerprint density at radius 2 is 0.794 bits per heavy atom. The van der Waals surface area contributed by atoms with Gasteiger partial charge in [0.05, 0.1) is 0 Å². The van der Waals surface area contributed by atoms with Gasteiger partial charge in [0.15, 0.2) is 0 Å². The summed E-state index contributed by atoms with van der Waals surface area (Å²) < 4.78 is 1.09. The molecule has 0 saturated heterocycles. The van der Waals surface area contributed by atoms with E-state index < -0.39 is 0 Å². The van der Waals surface area contributed by atoms with Crippen LogP contribution in [0.2, 0.25) is 0 Å². The average molecular weight is 500 g/mol. The van der Waals surface area contributed by atoms with Crippen LogP contribution in [0.1, 0.15) is 0 Å². The van der Waals surface area contributed by atoms with Crippen molar-refractivity contribution in [2.45, 2.75) is 0 Å². The fourth-order valence-electron chi connectivity index (χ4n) is 4.52. The third kappa shape index (κ3) is 3.98. The van der Waals surface area contributed by atoms with Crippen LogP contribution in [-0.4, -0.2) is 0 Å². The molecule has 34 heavy (non-hydrogen) atoms. The Labute approximate surface area is 208 Å². The molecule has 0 spiro atoms. The van der Waals surface area contributed by atoms with Gasteiger partial charge < -0.3 is 4.90 Å². The summed E-state index contributed by atoms with van der Waals surface area (Å²) in [4.78, 5) is 2.34. The highest BCUT2D eigenvalue weighted by Crippen LogP contribution is 2.38. The molecule has 0 aliphatic heterocycles. The van der Waals surface area contributed by atoms with E-state index in [2.05, 4.69) is 154 Å². The zero-order chi connectivity index (χ0) is 22.9. The molecule has 162 valence electrons. The number of anilines is 3. The number of hydrogen-bond donors (Lipinski definition) is 0. The summed E-state index contributed by atoms with van der Waals surface area (Å²) in [6.45, 7) is 0. The van der Waals surface area contributed by atoms with Gasteiger partial charge in [-0.05, 0) is 81.2 Å². The molecule has 0 bridgehead atoms. The predicted molar refractivity (Wildman–Crippen MR) is 149 cm³/mol. The number of nitrogens with zero attached hydrogens (tertiary/aromatic N) is 1. The van der Waals surface area contributed by atoms with Gasteiger partial charge in [0, 0.05) is 21.5 Å². The minimum absolute atomic E-state index is 1.09. The van der Waals surface area contributed by atoms with Gasteiger partial charge in [-0.15, -0.1) is 0 Å². The second-order valence-electron chi connectivity index (χ2n) is 8.45. The summed E-state index contributed by atoms with van der Waals surface area (Å²) >= 11 is 3.53. The summed E-state index contributed by atoms with van der Waals surface area (Å²) in [5.41, 5.74) is 5.83. The topological polar surface area (TPSA) is 3.24 Å². The molecule has 0 aliphatic rings. The van der Waals surface area contributed by atoms with E-state index in [1.807, 2.05) is 0 Å². The van der Waals surface area contributed by atoms with E-state index in [0.29, 0.717) is 0 Å². The first-order valence-corrected chi connectivity index (χ1v) is 12.2. The van der Waals surface area contributed by atoms with Crippen molar-refractivity contribution in [2.24, 2.45) is 0 Å². The first kappa shape index (κ1) is 20.7. The zero-order valence-corrected chi connectivity index (χ0v) is 20.1. The standard InChI is InChI=1S/C32H22BrN/c33-29-15-9-25(10-16-29)26-11-17-30(18-12-26)34(31-19-13-23-5-1-3-7-27(23)21-31)32-20-14-24-6-2-4-8-28(24)22-32/h1-22H. The van der Waals surface area contributed by atoms with Gasteiger partial charge in [0.2, 0.25) is 0 Å². The summed E-state index contributed by atoms with van der Waals surface area (Å²) in [5.74, 6) is 0. The van der Waals surface area contributed by atoms with Crippen molar-refractivity contribution in [3.63, 3.8) is 0 Å². The molecule has 0 atom stereocenters. The minimum atomic E-state index is 1.09. The second kappa shape index (κ2) is 8.81. The lowest BCUT2D eigenvalue weighted by Crippen LogP contribution is -2.09. The first-order valence-electron chi connectivity index (χ1n) is 11.4. The summed E-state index contributed by atoms with van der Waals surface area (Å²) in [5, 5.41) is 4.96. The Hall–Kier alpha value is -3.88. The number of hydrogen-bond acceptors (Lipinski definition) is 1. The molecule has 0 saturated carbocycles. The molecule has 0 N–H and O–H groups in total. The van der Waals surface area contributed by atoms with Gasteiger partial charge in [-0.2, -0.15) is 0 Å². The highest BCUT2D eigenvalue weighted by atomic mass is 79.9. The molecule has 0 heterocycles. The molecule has 0 radical (unpaired) electrons. The molecule has 0 amide bonds. The SMILES string of the molecule is Brc1ccc(-c2ccc(N(c3ccc4ccccc4c3)c3ccc4ccccc4c3)cc2)cc1. The molecule has 6 rings (SSSR count). The Morgan fingerprint density at radius 1 is 0.382 bits per heavy atom. The summed E-state index contributed by atoms with van der Waals surface area (Å²) in [6, 6.07) is 47.7. The highest BCUT2D eigenvalue weighted by Gasteiger charge is 2.14. The molecular formula is C32H22BrN. The van der Waals surface area contributed by atoms with Gasteiger partial charge in [-0.25, -0.2) is 0 Å². The summed E-state index contributed by atoms with van der Waals surface area (Å²) in [6.07, 6.45) is 0. The molecule has 0 unspecified atom stereocenters. The van der Waals surface area contributed by atoms with Crippen LogP contribution in [0.4, 0.5) is 17.1 Å². The van der Waals surface area contributed by atoms with Crippen molar-refractivity contribution in [3.8, 4) is 11.1 Å². The molecule has 6 aromatic carbocycles. The Balaban J connectivity index is 1.48. The monoisotopic (exact) mass is 499 g/mol. The number of halogens is 1. The van der Waals surface area contributed by atoms with E-state index in [1.165, 1.54) is 32.7 Å². The van der Waals surface area contributed by atoms with Crippen molar-refractivity contribution >= 4 is 54.5 Å². The molecule has 2 heteroatoms. The van der Waals surface area contributed by atoms with Gasteiger partial charge >= 0.3 is 0 Å². The maximum Gasteiger partial charge on any atom is 0.0468 e. The fourth-order valence-corrected chi connectivity index (χ4v) is 4.79. The second-order valence-corrected chi connectivity index (χ2v) is 9.37. The lowest BCUT2D eigenvalue weighted by Gasteiger charge is -2.26. The quantitative estimate of drug-likeness (QED) is 0.233. The third-order valence-electron chi connectivity index (χ3n) is 6.29. The smallest absolute Gasteiger partial charge is 0.0468 e. The maximum absolute atomic E-state index is 3.53. The van der Waals surface area contributed by atoms with Gasteiger partial charge in [0.25, 0.3) is 0 Å². The minimum Gasteiger partial charge on any atom is -0.310 e. The number of fused-ring (bicyclic) bond motifs is 2. The van der Waals surface area contributed by atoms with Crippen LogP contribution in [0.3, 0.4) is 0 Å². The van der Waals surface area contributed by atoms with Crippen LogP contribution in [-0.2, 0) is 0 Å². The molecule has 6 aromatic rings.